The van der Waals surface area contributed by atoms with Crippen LogP contribution < -0.4 is 0 Å². The Morgan fingerprint density at radius 3 is 2.66 bits per heavy atom. The van der Waals surface area contributed by atoms with Crippen LogP contribution in [0.2, 0.25) is 0 Å². The minimum absolute atomic E-state index is 0.287. The summed E-state index contributed by atoms with van der Waals surface area (Å²) < 4.78 is 5.90. The van der Waals surface area contributed by atoms with Crippen LogP contribution in [0, 0.1) is 12.3 Å². The lowest BCUT2D eigenvalue weighted by molar-refractivity contribution is -0.151. The number of nitrogens with zero attached hydrogens (tertiary/aromatic N) is 1. The molecule has 2 heterocycles. The molecule has 0 amide bonds. The molecule has 1 aliphatic rings. The summed E-state index contributed by atoms with van der Waals surface area (Å²) in [5, 5.41) is 9.99. The number of carboxylic acid groups (broad SMARTS) is 1. The number of hydrogen-bond acceptors (Lipinski definition) is 4. The monoisotopic (exact) mass is 413 g/mol. The van der Waals surface area contributed by atoms with Crippen LogP contribution in [0.4, 0.5) is 0 Å². The number of ether oxygens (including phenoxy) is 1. The number of unbranched alkanes of at least 4 members (excludes halogenated alkanes) is 1. The van der Waals surface area contributed by atoms with Gasteiger partial charge < -0.3 is 9.84 Å². The zero-order valence-electron chi connectivity index (χ0n) is 17.8. The van der Waals surface area contributed by atoms with Gasteiger partial charge >= 0.3 is 5.97 Å². The van der Waals surface area contributed by atoms with Crippen molar-refractivity contribution in [2.45, 2.75) is 65.9 Å². The molecule has 2 aromatic heterocycles. The Kier molecular flexibility index (Phi) is 6.91. The molecule has 1 atom stereocenters. The van der Waals surface area contributed by atoms with Crippen LogP contribution in [0.3, 0.4) is 0 Å². The van der Waals surface area contributed by atoms with Crippen LogP contribution in [0.15, 0.2) is 30.6 Å². The van der Waals surface area contributed by atoms with Gasteiger partial charge in [0.1, 0.15) is 0 Å². The second-order valence-corrected chi connectivity index (χ2v) is 9.78. The molecule has 0 fully saturated rings. The van der Waals surface area contributed by atoms with E-state index in [0.717, 1.165) is 58.5 Å². The number of rotatable bonds is 8. The third kappa shape index (κ3) is 4.96. The fourth-order valence-corrected chi connectivity index (χ4v) is 5.05. The number of hydrogen-bond donors (Lipinski definition) is 1. The molecule has 4 nitrogen and oxygen atoms in total. The van der Waals surface area contributed by atoms with Crippen LogP contribution in [0.1, 0.15) is 75.0 Å². The van der Waals surface area contributed by atoms with Crippen LogP contribution in [0.5, 0.6) is 0 Å². The lowest BCUT2D eigenvalue weighted by Gasteiger charge is -2.29. The summed E-state index contributed by atoms with van der Waals surface area (Å²) in [5.74, 6) is -0.915. The molecular weight excluding hydrogens is 382 g/mol. The summed E-state index contributed by atoms with van der Waals surface area (Å²) >= 11 is 1.66. The predicted octanol–water partition coefficient (Wildman–Crippen LogP) is 6.65. The second kappa shape index (κ2) is 9.23. The molecule has 1 unspecified atom stereocenters. The van der Waals surface area contributed by atoms with Gasteiger partial charge in [-0.25, -0.2) is 4.79 Å². The average Bonchev–Trinajstić information content (AvgIpc) is 3.03. The molecule has 0 aliphatic heterocycles. The number of aliphatic carboxylic acids is 1. The number of allylic oxidation sites excluding steroid dienone is 2. The standard InChI is InChI=1S/C24H31NO3S/c1-5-6-15-28-21(23(26)27)19-16(2)29-22(18-9-13-25-14-10-18)20(19)17-7-11-24(3,4)12-8-17/h7,9-10,13-14,21H,5-6,8,11-12,15H2,1-4H3,(H,26,27). The summed E-state index contributed by atoms with van der Waals surface area (Å²) in [6.45, 7) is 9.13. The summed E-state index contributed by atoms with van der Waals surface area (Å²) in [4.78, 5) is 18.5. The molecule has 0 spiro atoms. The van der Waals surface area contributed by atoms with E-state index in [0.29, 0.717) is 6.61 Å². The minimum Gasteiger partial charge on any atom is -0.479 e. The van der Waals surface area contributed by atoms with E-state index < -0.39 is 12.1 Å². The van der Waals surface area contributed by atoms with Gasteiger partial charge in [-0.2, -0.15) is 0 Å². The molecule has 2 aromatic rings. The molecule has 0 radical (unpaired) electrons. The highest BCUT2D eigenvalue weighted by molar-refractivity contribution is 7.16. The number of pyridine rings is 1. The third-order valence-electron chi connectivity index (χ3n) is 5.64. The fraction of sp³-hybridized carbons (Fsp3) is 0.500. The van der Waals surface area contributed by atoms with Crippen molar-refractivity contribution >= 4 is 22.9 Å². The van der Waals surface area contributed by atoms with E-state index >= 15 is 0 Å². The second-order valence-electron chi connectivity index (χ2n) is 8.55. The molecule has 3 rings (SSSR count). The highest BCUT2D eigenvalue weighted by atomic mass is 32.1. The Morgan fingerprint density at radius 2 is 2.07 bits per heavy atom. The van der Waals surface area contributed by atoms with Crippen molar-refractivity contribution in [1.82, 2.24) is 4.98 Å². The number of aryl methyl sites for hydroxylation is 1. The van der Waals surface area contributed by atoms with Crippen LogP contribution >= 0.6 is 11.3 Å². The van der Waals surface area contributed by atoms with Gasteiger partial charge in [-0.05, 0) is 61.3 Å². The van der Waals surface area contributed by atoms with Gasteiger partial charge in [0.25, 0.3) is 0 Å². The molecule has 0 saturated carbocycles. The normalized spacial score (nSPS) is 17.0. The average molecular weight is 414 g/mol. The summed E-state index contributed by atoms with van der Waals surface area (Å²) in [6.07, 6.45) is 9.84. The number of carbonyl (C=O) groups is 1. The first-order chi connectivity index (χ1) is 13.8. The van der Waals surface area contributed by atoms with E-state index in [1.807, 2.05) is 19.1 Å². The van der Waals surface area contributed by atoms with Crippen LogP contribution in [0.25, 0.3) is 16.0 Å². The van der Waals surface area contributed by atoms with E-state index in [1.165, 1.54) is 5.57 Å². The van der Waals surface area contributed by atoms with Crippen molar-refractivity contribution in [1.29, 1.82) is 0 Å². The molecule has 5 heteroatoms. The quantitative estimate of drug-likeness (QED) is 0.492. The molecular formula is C24H31NO3S. The smallest absolute Gasteiger partial charge is 0.337 e. The Labute approximate surface area is 177 Å². The highest BCUT2D eigenvalue weighted by Gasteiger charge is 2.32. The van der Waals surface area contributed by atoms with Gasteiger partial charge in [-0.3, -0.25) is 4.98 Å². The lowest BCUT2D eigenvalue weighted by atomic mass is 9.76. The molecule has 0 saturated heterocycles. The van der Waals surface area contributed by atoms with Crippen molar-refractivity contribution in [2.75, 3.05) is 6.61 Å². The first-order valence-electron chi connectivity index (χ1n) is 10.4. The first-order valence-corrected chi connectivity index (χ1v) is 11.2. The number of aromatic nitrogens is 1. The van der Waals surface area contributed by atoms with E-state index in [1.54, 1.807) is 23.7 Å². The Balaban J connectivity index is 2.14. The SMILES string of the molecule is CCCCOC(C(=O)O)c1c(C)sc(-c2ccncc2)c1C1=CCC(C)(C)CC1. The van der Waals surface area contributed by atoms with Gasteiger partial charge in [-0.1, -0.05) is 33.3 Å². The minimum atomic E-state index is -0.931. The third-order valence-corrected chi connectivity index (χ3v) is 6.81. The lowest BCUT2D eigenvalue weighted by Crippen LogP contribution is -2.19. The summed E-state index contributed by atoms with van der Waals surface area (Å²) in [6, 6.07) is 4.00. The number of thiophene rings is 1. The van der Waals surface area contributed by atoms with Crippen molar-refractivity contribution in [2.24, 2.45) is 5.41 Å². The fourth-order valence-electron chi connectivity index (χ4n) is 3.83. The van der Waals surface area contributed by atoms with Gasteiger partial charge in [-0.15, -0.1) is 11.3 Å². The highest BCUT2D eigenvalue weighted by Crippen LogP contribution is 2.48. The van der Waals surface area contributed by atoms with Gasteiger partial charge in [0.15, 0.2) is 6.10 Å². The molecule has 1 aliphatic carbocycles. The van der Waals surface area contributed by atoms with Crippen molar-refractivity contribution in [3.05, 3.63) is 46.6 Å². The molecule has 1 N–H and O–H groups in total. The van der Waals surface area contributed by atoms with Crippen LogP contribution in [-0.2, 0) is 9.53 Å². The molecule has 29 heavy (non-hydrogen) atoms. The van der Waals surface area contributed by atoms with Gasteiger partial charge in [0.2, 0.25) is 0 Å². The maximum absolute atomic E-state index is 12.2. The van der Waals surface area contributed by atoms with Crippen LogP contribution in [-0.4, -0.2) is 22.7 Å². The maximum Gasteiger partial charge on any atom is 0.337 e. The Morgan fingerprint density at radius 1 is 1.34 bits per heavy atom. The van der Waals surface area contributed by atoms with E-state index in [2.05, 4.69) is 31.8 Å². The van der Waals surface area contributed by atoms with Crippen molar-refractivity contribution in [3.63, 3.8) is 0 Å². The molecule has 0 aromatic carbocycles. The molecule has 156 valence electrons. The van der Waals surface area contributed by atoms with E-state index in [9.17, 15) is 9.90 Å². The van der Waals surface area contributed by atoms with Gasteiger partial charge in [0, 0.05) is 39.9 Å². The topological polar surface area (TPSA) is 59.4 Å². The summed E-state index contributed by atoms with van der Waals surface area (Å²) in [7, 11) is 0. The Bertz CT molecular complexity index is 883. The predicted molar refractivity (Wildman–Crippen MR) is 119 cm³/mol. The van der Waals surface area contributed by atoms with E-state index in [4.69, 9.17) is 4.74 Å². The summed E-state index contributed by atoms with van der Waals surface area (Å²) in [5.41, 5.74) is 4.52. The van der Waals surface area contributed by atoms with Gasteiger partial charge in [0.05, 0.1) is 0 Å². The first kappa shape index (κ1) is 21.7. The maximum atomic E-state index is 12.2. The Hall–Kier alpha value is -1.98. The molecule has 0 bridgehead atoms. The van der Waals surface area contributed by atoms with Crippen molar-refractivity contribution < 1.29 is 14.6 Å². The van der Waals surface area contributed by atoms with Crippen molar-refractivity contribution in [3.8, 4) is 10.4 Å². The largest absolute Gasteiger partial charge is 0.479 e. The zero-order valence-corrected chi connectivity index (χ0v) is 18.6. The number of carboxylic acids is 1. The van der Waals surface area contributed by atoms with E-state index in [-0.39, 0.29) is 5.41 Å². The zero-order chi connectivity index (χ0) is 21.0.